The molecule has 0 unspecified atom stereocenters. The van der Waals surface area contributed by atoms with Gasteiger partial charge in [-0.1, -0.05) is 39.3 Å². The fourth-order valence-electron chi connectivity index (χ4n) is 2.67. The van der Waals surface area contributed by atoms with Crippen molar-refractivity contribution in [3.8, 4) is 0 Å². The first-order valence-electron chi connectivity index (χ1n) is 6.04. The molecule has 0 saturated heterocycles. The molecular formula is C14H19ClN2O. The second-order valence-electron chi connectivity index (χ2n) is 6.10. The highest BCUT2D eigenvalue weighted by molar-refractivity contribution is 6.33. The highest BCUT2D eigenvalue weighted by atomic mass is 35.5. The van der Waals surface area contributed by atoms with E-state index in [-0.39, 0.29) is 22.7 Å². The molecule has 1 fully saturated rings. The molecule has 18 heavy (non-hydrogen) atoms. The third-order valence-electron chi connectivity index (χ3n) is 4.55. The largest absolute Gasteiger partial charge is 0.398 e. The molecule has 3 nitrogen and oxygen atoms in total. The summed E-state index contributed by atoms with van der Waals surface area (Å²) in [5.41, 5.74) is 6.91. The summed E-state index contributed by atoms with van der Waals surface area (Å²) in [7, 11) is 0. The molecule has 0 aromatic heterocycles. The van der Waals surface area contributed by atoms with Crippen LogP contribution in [0, 0.1) is 16.7 Å². The first kappa shape index (κ1) is 13.2. The molecule has 1 aromatic carbocycles. The molecule has 1 amide bonds. The lowest BCUT2D eigenvalue weighted by atomic mass is 10.0. The minimum Gasteiger partial charge on any atom is -0.398 e. The van der Waals surface area contributed by atoms with Crippen molar-refractivity contribution in [2.75, 3.05) is 11.1 Å². The van der Waals surface area contributed by atoms with Gasteiger partial charge in [0.05, 0.1) is 10.7 Å². The first-order valence-corrected chi connectivity index (χ1v) is 6.41. The van der Waals surface area contributed by atoms with Crippen LogP contribution >= 0.6 is 11.6 Å². The summed E-state index contributed by atoms with van der Waals surface area (Å²) in [4.78, 5) is 12.2. The van der Waals surface area contributed by atoms with Crippen LogP contribution < -0.4 is 11.1 Å². The number of halogens is 1. The Hall–Kier alpha value is -1.22. The van der Waals surface area contributed by atoms with E-state index in [1.54, 1.807) is 18.2 Å². The van der Waals surface area contributed by atoms with E-state index in [2.05, 4.69) is 33.0 Å². The number of nitrogens with two attached hydrogens (primary N) is 1. The summed E-state index contributed by atoms with van der Waals surface area (Å²) < 4.78 is 0. The van der Waals surface area contributed by atoms with E-state index >= 15 is 0 Å². The first-order chi connectivity index (χ1) is 8.18. The lowest BCUT2D eigenvalue weighted by Crippen LogP contribution is -2.17. The maximum Gasteiger partial charge on any atom is 0.228 e. The number of hydrogen-bond donors (Lipinski definition) is 2. The van der Waals surface area contributed by atoms with Crippen LogP contribution in [-0.2, 0) is 4.79 Å². The Bertz CT molecular complexity index is 495. The molecule has 2 rings (SSSR count). The Labute approximate surface area is 113 Å². The number of carbonyl (C=O) groups is 1. The van der Waals surface area contributed by atoms with Gasteiger partial charge < -0.3 is 11.1 Å². The van der Waals surface area contributed by atoms with Gasteiger partial charge in [-0.25, -0.2) is 0 Å². The molecule has 3 N–H and O–H groups in total. The second-order valence-corrected chi connectivity index (χ2v) is 6.51. The van der Waals surface area contributed by atoms with E-state index in [0.29, 0.717) is 16.4 Å². The van der Waals surface area contributed by atoms with Crippen LogP contribution in [0.5, 0.6) is 0 Å². The molecule has 1 aliphatic carbocycles. The number of amides is 1. The molecular weight excluding hydrogens is 248 g/mol. The van der Waals surface area contributed by atoms with Gasteiger partial charge in [-0.05, 0) is 29.0 Å². The molecule has 0 spiro atoms. The predicted octanol–water partition coefficient (Wildman–Crippen LogP) is 3.54. The summed E-state index contributed by atoms with van der Waals surface area (Å²) in [5.74, 6) is 0.0761. The summed E-state index contributed by atoms with van der Waals surface area (Å²) in [5, 5.41) is 3.36. The molecule has 0 heterocycles. The average molecular weight is 267 g/mol. The van der Waals surface area contributed by atoms with Gasteiger partial charge >= 0.3 is 0 Å². The van der Waals surface area contributed by atoms with Gasteiger partial charge in [0.15, 0.2) is 0 Å². The predicted molar refractivity (Wildman–Crippen MR) is 75.5 cm³/mol. The fraction of sp³-hybridized carbons (Fsp3) is 0.500. The fourth-order valence-corrected chi connectivity index (χ4v) is 2.85. The van der Waals surface area contributed by atoms with Crippen molar-refractivity contribution in [2.24, 2.45) is 16.7 Å². The van der Waals surface area contributed by atoms with Crippen molar-refractivity contribution in [3.63, 3.8) is 0 Å². The lowest BCUT2D eigenvalue weighted by Gasteiger charge is -2.07. The van der Waals surface area contributed by atoms with Crippen LogP contribution in [0.1, 0.15) is 27.7 Å². The second kappa shape index (κ2) is 3.89. The smallest absolute Gasteiger partial charge is 0.228 e. The van der Waals surface area contributed by atoms with Crippen molar-refractivity contribution < 1.29 is 4.79 Å². The summed E-state index contributed by atoms with van der Waals surface area (Å²) in [6.45, 7) is 8.47. The molecule has 4 heteroatoms. The molecule has 0 radical (unpaired) electrons. The normalized spacial score (nSPS) is 20.5. The van der Waals surface area contributed by atoms with Gasteiger partial charge in [0, 0.05) is 11.6 Å². The van der Waals surface area contributed by atoms with E-state index in [1.807, 2.05) is 0 Å². The summed E-state index contributed by atoms with van der Waals surface area (Å²) >= 11 is 5.93. The molecule has 98 valence electrons. The number of nitrogen functional groups attached to an aromatic ring is 1. The van der Waals surface area contributed by atoms with Crippen LogP contribution in [0.4, 0.5) is 11.4 Å². The average Bonchev–Trinajstić information content (AvgIpc) is 2.63. The third-order valence-corrected chi connectivity index (χ3v) is 4.88. The molecule has 1 aliphatic rings. The number of anilines is 2. The number of rotatable bonds is 2. The molecule has 0 aliphatic heterocycles. The van der Waals surface area contributed by atoms with Crippen LogP contribution in [0.25, 0.3) is 0 Å². The quantitative estimate of drug-likeness (QED) is 0.805. The van der Waals surface area contributed by atoms with Crippen molar-refractivity contribution in [1.29, 1.82) is 0 Å². The van der Waals surface area contributed by atoms with Gasteiger partial charge in [0.25, 0.3) is 0 Å². The topological polar surface area (TPSA) is 55.1 Å². The summed E-state index contributed by atoms with van der Waals surface area (Å²) in [6, 6.07) is 5.14. The van der Waals surface area contributed by atoms with Gasteiger partial charge in [-0.15, -0.1) is 0 Å². The third kappa shape index (κ3) is 1.87. The van der Waals surface area contributed by atoms with Crippen molar-refractivity contribution in [1.82, 2.24) is 0 Å². The zero-order valence-electron chi connectivity index (χ0n) is 11.2. The highest BCUT2D eigenvalue weighted by Crippen LogP contribution is 2.68. The number of carbonyl (C=O) groups excluding carboxylic acids is 1. The van der Waals surface area contributed by atoms with E-state index in [1.165, 1.54) is 0 Å². The van der Waals surface area contributed by atoms with Gasteiger partial charge in [0.2, 0.25) is 5.91 Å². The van der Waals surface area contributed by atoms with Crippen LogP contribution in [0.2, 0.25) is 5.02 Å². The Morgan fingerprint density at radius 1 is 1.28 bits per heavy atom. The zero-order chi connectivity index (χ0) is 13.7. The van der Waals surface area contributed by atoms with Gasteiger partial charge in [-0.3, -0.25) is 4.79 Å². The van der Waals surface area contributed by atoms with Crippen LogP contribution in [0.15, 0.2) is 18.2 Å². The number of nitrogens with one attached hydrogen (secondary N) is 1. The maximum absolute atomic E-state index is 12.2. The summed E-state index contributed by atoms with van der Waals surface area (Å²) in [6.07, 6.45) is 0. The van der Waals surface area contributed by atoms with Gasteiger partial charge in [-0.2, -0.15) is 0 Å². The standard InChI is InChI=1S/C14H19ClN2O/c1-13(2)11(14(13,3)4)12(18)17-8-5-6-10(16)9(15)7-8/h5-7,11H,16H2,1-4H3,(H,17,18). The molecule has 0 bridgehead atoms. The van der Waals surface area contributed by atoms with Crippen molar-refractivity contribution in [2.45, 2.75) is 27.7 Å². The SMILES string of the molecule is CC1(C)C(C(=O)Nc2ccc(N)c(Cl)c2)C1(C)C. The monoisotopic (exact) mass is 266 g/mol. The Balaban J connectivity index is 2.12. The van der Waals surface area contributed by atoms with Crippen molar-refractivity contribution in [3.05, 3.63) is 23.2 Å². The highest BCUT2D eigenvalue weighted by Gasteiger charge is 2.68. The minimum absolute atomic E-state index is 0.0290. The Kier molecular flexibility index (Phi) is 2.85. The molecule has 0 atom stereocenters. The van der Waals surface area contributed by atoms with E-state index in [9.17, 15) is 4.79 Å². The zero-order valence-corrected chi connectivity index (χ0v) is 11.9. The minimum atomic E-state index is 0.0290. The number of hydrogen-bond acceptors (Lipinski definition) is 2. The molecule has 1 saturated carbocycles. The van der Waals surface area contributed by atoms with Crippen molar-refractivity contribution >= 4 is 28.9 Å². The molecule has 1 aromatic rings. The van der Waals surface area contributed by atoms with Crippen LogP contribution in [0.3, 0.4) is 0 Å². The van der Waals surface area contributed by atoms with E-state index < -0.39 is 0 Å². The van der Waals surface area contributed by atoms with E-state index in [4.69, 9.17) is 17.3 Å². The van der Waals surface area contributed by atoms with Crippen LogP contribution in [-0.4, -0.2) is 5.91 Å². The maximum atomic E-state index is 12.2. The lowest BCUT2D eigenvalue weighted by molar-refractivity contribution is -0.118. The Morgan fingerprint density at radius 3 is 2.28 bits per heavy atom. The number of benzene rings is 1. The van der Waals surface area contributed by atoms with E-state index in [0.717, 1.165) is 0 Å². The Morgan fingerprint density at radius 2 is 1.83 bits per heavy atom. The van der Waals surface area contributed by atoms with Gasteiger partial charge in [0.1, 0.15) is 0 Å².